The van der Waals surface area contributed by atoms with Gasteiger partial charge in [0, 0.05) is 38.2 Å². The summed E-state index contributed by atoms with van der Waals surface area (Å²) in [5, 5.41) is 13.1. The molecule has 0 aromatic heterocycles. The monoisotopic (exact) mass is 568 g/mol. The first-order valence-corrected chi connectivity index (χ1v) is 15.3. The average Bonchev–Trinajstić information content (AvgIpc) is 3.67. The minimum absolute atomic E-state index is 0.152. The molecule has 1 amide bonds. The number of carbonyl (C=O) groups is 2. The van der Waals surface area contributed by atoms with Crippen LogP contribution in [-0.2, 0) is 22.6 Å². The Bertz CT molecular complexity index is 1470. The quantitative estimate of drug-likeness (QED) is 0.222. The van der Waals surface area contributed by atoms with Crippen molar-refractivity contribution in [1.82, 2.24) is 4.90 Å². The first-order chi connectivity index (χ1) is 20.1. The Morgan fingerprint density at radius 2 is 1.81 bits per heavy atom. The number of amides is 1. The summed E-state index contributed by atoms with van der Waals surface area (Å²) in [6.07, 6.45) is 4.83. The molecule has 1 spiro atoms. The maximum Gasteiger partial charge on any atom is 0.303 e. The van der Waals surface area contributed by atoms with E-state index < -0.39 is 5.97 Å². The molecule has 0 radical (unpaired) electrons. The summed E-state index contributed by atoms with van der Waals surface area (Å²) < 4.78 is 6.06. The van der Waals surface area contributed by atoms with Crippen LogP contribution in [0.3, 0.4) is 0 Å². The molecule has 3 aromatic carbocycles. The number of ether oxygens (including phenoxy) is 1. The largest absolute Gasteiger partial charge is 0.494 e. The highest BCUT2D eigenvalue weighted by Crippen LogP contribution is 2.64. The van der Waals surface area contributed by atoms with Crippen molar-refractivity contribution in [2.45, 2.75) is 78.7 Å². The second-order valence-electron chi connectivity index (χ2n) is 12.3. The van der Waals surface area contributed by atoms with Crippen LogP contribution in [-0.4, -0.2) is 42.1 Å². The fraction of sp³-hybridized carbons (Fsp3) is 0.444. The molecule has 0 saturated heterocycles. The standard InChI is InChI=1S/C36H44N2O4/c1-6-33(39)38(5)15-8-16-42-29-17-23(2)35(24(3)18-29)30-10-7-9-26(25(30)4)22-37-28-11-12-31-27(19-28)21-36(13-14-36)32(31)20-34(40)41/h7,9-12,17-19,32,37H,6,8,13-16,20-22H2,1-5H3,(H,40,41). The van der Waals surface area contributed by atoms with E-state index in [0.717, 1.165) is 43.7 Å². The van der Waals surface area contributed by atoms with E-state index in [2.05, 4.69) is 74.6 Å². The van der Waals surface area contributed by atoms with E-state index in [-0.39, 0.29) is 23.7 Å². The molecule has 2 N–H and O–H groups in total. The molecule has 42 heavy (non-hydrogen) atoms. The van der Waals surface area contributed by atoms with Crippen molar-refractivity contribution in [3.63, 3.8) is 0 Å². The lowest BCUT2D eigenvalue weighted by molar-refractivity contribution is -0.137. The minimum atomic E-state index is -0.700. The smallest absolute Gasteiger partial charge is 0.303 e. The second-order valence-corrected chi connectivity index (χ2v) is 12.3. The first kappa shape index (κ1) is 29.7. The molecule has 6 heteroatoms. The highest BCUT2D eigenvalue weighted by Gasteiger charge is 2.54. The highest BCUT2D eigenvalue weighted by molar-refractivity contribution is 5.76. The molecule has 0 heterocycles. The molecule has 1 fully saturated rings. The van der Waals surface area contributed by atoms with Gasteiger partial charge < -0.3 is 20.1 Å². The zero-order valence-electron chi connectivity index (χ0n) is 25.7. The van der Waals surface area contributed by atoms with Crippen LogP contribution in [0.1, 0.15) is 78.3 Å². The molecule has 3 aromatic rings. The topological polar surface area (TPSA) is 78.9 Å². The van der Waals surface area contributed by atoms with Gasteiger partial charge in [0.2, 0.25) is 5.91 Å². The number of carboxylic acids is 1. The van der Waals surface area contributed by atoms with Crippen LogP contribution in [0.25, 0.3) is 11.1 Å². The van der Waals surface area contributed by atoms with Gasteiger partial charge in [-0.2, -0.15) is 0 Å². The van der Waals surface area contributed by atoms with E-state index in [9.17, 15) is 14.7 Å². The summed E-state index contributed by atoms with van der Waals surface area (Å²) >= 11 is 0. The Morgan fingerprint density at radius 1 is 1.07 bits per heavy atom. The van der Waals surface area contributed by atoms with Crippen molar-refractivity contribution in [1.29, 1.82) is 0 Å². The van der Waals surface area contributed by atoms with E-state index in [1.807, 2.05) is 14.0 Å². The van der Waals surface area contributed by atoms with Crippen LogP contribution in [0.4, 0.5) is 5.69 Å². The molecule has 1 unspecified atom stereocenters. The molecule has 5 rings (SSSR count). The number of hydrogen-bond acceptors (Lipinski definition) is 4. The van der Waals surface area contributed by atoms with Gasteiger partial charge in [0.05, 0.1) is 13.0 Å². The summed E-state index contributed by atoms with van der Waals surface area (Å²) in [4.78, 5) is 25.0. The molecular formula is C36H44N2O4. The van der Waals surface area contributed by atoms with Crippen LogP contribution >= 0.6 is 0 Å². The fourth-order valence-corrected chi connectivity index (χ4v) is 6.89. The Balaban J connectivity index is 1.25. The van der Waals surface area contributed by atoms with E-state index >= 15 is 0 Å². The lowest BCUT2D eigenvalue weighted by atomic mass is 9.87. The minimum Gasteiger partial charge on any atom is -0.494 e. The van der Waals surface area contributed by atoms with Gasteiger partial charge in [-0.25, -0.2) is 0 Å². The Hall–Kier alpha value is -3.80. The predicted octanol–water partition coefficient (Wildman–Crippen LogP) is 7.42. The van der Waals surface area contributed by atoms with E-state index in [1.165, 1.54) is 44.5 Å². The van der Waals surface area contributed by atoms with Crippen molar-refractivity contribution in [2.75, 3.05) is 25.5 Å². The fourth-order valence-electron chi connectivity index (χ4n) is 6.89. The van der Waals surface area contributed by atoms with Crippen LogP contribution in [0.2, 0.25) is 0 Å². The number of nitrogens with zero attached hydrogens (tertiary/aromatic N) is 1. The summed E-state index contributed by atoms with van der Waals surface area (Å²) in [7, 11) is 1.84. The third-order valence-electron chi connectivity index (χ3n) is 9.41. The van der Waals surface area contributed by atoms with Gasteiger partial charge in [-0.3, -0.25) is 9.59 Å². The summed E-state index contributed by atoms with van der Waals surface area (Å²) in [5.41, 5.74) is 11.2. The summed E-state index contributed by atoms with van der Waals surface area (Å²) in [5.74, 6) is 0.473. The number of anilines is 1. The van der Waals surface area contributed by atoms with Gasteiger partial charge in [0.1, 0.15) is 5.75 Å². The number of benzene rings is 3. The highest BCUT2D eigenvalue weighted by atomic mass is 16.5. The van der Waals surface area contributed by atoms with Gasteiger partial charge in [-0.05, 0) is 121 Å². The second kappa shape index (κ2) is 12.2. The Morgan fingerprint density at radius 3 is 2.48 bits per heavy atom. The molecule has 0 aliphatic heterocycles. The molecular weight excluding hydrogens is 524 g/mol. The third kappa shape index (κ3) is 6.18. The van der Waals surface area contributed by atoms with Crippen molar-refractivity contribution < 1.29 is 19.4 Å². The van der Waals surface area contributed by atoms with E-state index in [1.54, 1.807) is 4.90 Å². The maximum absolute atomic E-state index is 11.8. The van der Waals surface area contributed by atoms with Crippen molar-refractivity contribution in [3.8, 4) is 16.9 Å². The van der Waals surface area contributed by atoms with Crippen molar-refractivity contribution in [3.05, 3.63) is 81.9 Å². The number of carbonyl (C=O) groups excluding carboxylic acids is 1. The average molecular weight is 569 g/mol. The summed E-state index contributed by atoms with van der Waals surface area (Å²) in [6.45, 7) is 10.3. The number of hydrogen-bond donors (Lipinski definition) is 2. The van der Waals surface area contributed by atoms with E-state index in [0.29, 0.717) is 19.6 Å². The van der Waals surface area contributed by atoms with Crippen molar-refractivity contribution in [2.24, 2.45) is 5.41 Å². The van der Waals surface area contributed by atoms with Gasteiger partial charge in [0.15, 0.2) is 0 Å². The molecule has 6 nitrogen and oxygen atoms in total. The zero-order valence-corrected chi connectivity index (χ0v) is 25.7. The molecule has 222 valence electrons. The van der Waals surface area contributed by atoms with Crippen LogP contribution in [0, 0.1) is 26.2 Å². The maximum atomic E-state index is 11.8. The molecule has 1 saturated carbocycles. The Labute approximate surface area is 250 Å². The van der Waals surface area contributed by atoms with Crippen LogP contribution in [0.15, 0.2) is 48.5 Å². The predicted molar refractivity (Wildman–Crippen MR) is 168 cm³/mol. The number of nitrogens with one attached hydrogen (secondary N) is 1. The first-order valence-electron chi connectivity index (χ1n) is 15.3. The number of carboxylic acid groups (broad SMARTS) is 1. The van der Waals surface area contributed by atoms with Gasteiger partial charge >= 0.3 is 5.97 Å². The lowest BCUT2D eigenvalue weighted by Crippen LogP contribution is -2.27. The number of aliphatic carboxylic acids is 1. The van der Waals surface area contributed by atoms with Crippen molar-refractivity contribution >= 4 is 17.6 Å². The normalized spacial score (nSPS) is 16.3. The van der Waals surface area contributed by atoms with Crippen LogP contribution < -0.4 is 10.1 Å². The van der Waals surface area contributed by atoms with Crippen LogP contribution in [0.5, 0.6) is 5.75 Å². The Kier molecular flexibility index (Phi) is 8.63. The van der Waals surface area contributed by atoms with Gasteiger partial charge in [0.25, 0.3) is 0 Å². The molecule has 2 aliphatic carbocycles. The van der Waals surface area contributed by atoms with Gasteiger partial charge in [-0.1, -0.05) is 31.2 Å². The molecule has 0 bridgehead atoms. The van der Waals surface area contributed by atoms with Gasteiger partial charge in [-0.15, -0.1) is 0 Å². The SMILES string of the molecule is CCC(=O)N(C)CCCOc1cc(C)c(-c2cccc(CNc3ccc4c(c3)CC3(CC3)C4CC(=O)O)c2C)c(C)c1. The molecule has 2 aliphatic rings. The summed E-state index contributed by atoms with van der Waals surface area (Å²) in [6, 6.07) is 17.2. The number of fused-ring (bicyclic) bond motifs is 1. The van der Waals surface area contributed by atoms with E-state index in [4.69, 9.17) is 4.74 Å². The number of rotatable bonds is 12. The zero-order chi connectivity index (χ0) is 30.0. The third-order valence-corrected chi connectivity index (χ3v) is 9.41. The molecule has 1 atom stereocenters. The lowest BCUT2D eigenvalue weighted by Gasteiger charge is -2.19. The number of aryl methyl sites for hydroxylation is 2.